The normalized spacial score (nSPS) is 17.5. The molecule has 0 bridgehead atoms. The molecule has 1 saturated heterocycles. The van der Waals surface area contributed by atoms with Gasteiger partial charge in [0.25, 0.3) is 0 Å². The van der Waals surface area contributed by atoms with Gasteiger partial charge < -0.3 is 4.74 Å². The van der Waals surface area contributed by atoms with Gasteiger partial charge in [-0.05, 0) is 12.8 Å². The quantitative estimate of drug-likeness (QED) is 0.263. The second-order valence-corrected chi connectivity index (χ2v) is 12.7. The first kappa shape index (κ1) is 35.2. The molecule has 3 heterocycles. The molecule has 46 heavy (non-hydrogen) atoms. The molecule has 1 radical (unpaired) electrons. The summed E-state index contributed by atoms with van der Waals surface area (Å²) in [6.07, 6.45) is 0.0396. The molecule has 1 aromatic heterocycles. The summed E-state index contributed by atoms with van der Waals surface area (Å²) in [5.74, 6) is 6.07. The van der Waals surface area contributed by atoms with Crippen molar-refractivity contribution in [2.24, 2.45) is 5.92 Å². The number of allylic oxidation sites excluding steroid dienone is 1. The van der Waals surface area contributed by atoms with E-state index >= 15 is 0 Å². The molecule has 0 spiro atoms. The molecule has 1 aromatic carbocycles. The number of hydrogen-bond acceptors (Lipinski definition) is 5. The second kappa shape index (κ2) is 15.3. The molecule has 1 fully saturated rings. The van der Waals surface area contributed by atoms with E-state index in [0.717, 1.165) is 41.2 Å². The van der Waals surface area contributed by atoms with Crippen LogP contribution in [-0.2, 0) is 16.1 Å². The number of amides is 1. The van der Waals surface area contributed by atoms with E-state index in [-0.39, 0.29) is 42.1 Å². The molecular weight excluding hydrogens is 588 g/mol. The first-order chi connectivity index (χ1) is 21.7. The summed E-state index contributed by atoms with van der Waals surface area (Å²) in [5.41, 5.74) is 4.61. The molecule has 2 aliphatic rings. The van der Waals surface area contributed by atoms with Crippen molar-refractivity contribution in [3.63, 3.8) is 0 Å². The fraction of sp³-hybridized carbons (Fsp3) is 0.472. The van der Waals surface area contributed by atoms with Gasteiger partial charge in [-0.3, -0.25) is 0 Å². The van der Waals surface area contributed by atoms with Crippen molar-refractivity contribution in [1.29, 1.82) is 0 Å². The fourth-order valence-corrected chi connectivity index (χ4v) is 5.80. The Balaban J connectivity index is 1.64. The molecule has 2 aliphatic heterocycles. The molecule has 243 valence electrons. The third-order valence-corrected chi connectivity index (χ3v) is 8.08. The summed E-state index contributed by atoms with van der Waals surface area (Å²) in [7, 11) is 9.82. The van der Waals surface area contributed by atoms with Crippen molar-refractivity contribution < 1.29 is 22.7 Å². The van der Waals surface area contributed by atoms with Gasteiger partial charge in [-0.15, -0.1) is 0 Å². The molecule has 1 N–H and O–H groups in total. The zero-order chi connectivity index (χ0) is 33.6. The molecule has 4 rings (SSSR count). The van der Waals surface area contributed by atoms with Crippen LogP contribution in [0, 0.1) is 31.6 Å². The topological polar surface area (TPSA) is 57.7 Å². The van der Waals surface area contributed by atoms with Gasteiger partial charge in [-0.1, -0.05) is 6.07 Å². The van der Waals surface area contributed by atoms with Crippen molar-refractivity contribution >= 4 is 19.0 Å². The minimum atomic E-state index is -4.57. The van der Waals surface area contributed by atoms with Crippen LogP contribution < -0.4 is 5.32 Å². The Morgan fingerprint density at radius 3 is 2.54 bits per heavy atom. The zero-order valence-electron chi connectivity index (χ0n) is 27.6. The van der Waals surface area contributed by atoms with E-state index < -0.39 is 17.8 Å². The first-order valence-electron chi connectivity index (χ1n) is 15.8. The number of halogens is 3. The summed E-state index contributed by atoms with van der Waals surface area (Å²) in [6, 6.07) is 9.20. The van der Waals surface area contributed by atoms with Crippen LogP contribution in [0.2, 0.25) is 0 Å². The Labute approximate surface area is 272 Å². The molecule has 2 atom stereocenters. The number of alkyl halides is 3. The molecule has 2 unspecified atom stereocenters. The van der Waals surface area contributed by atoms with Gasteiger partial charge in [0.05, 0.1) is 0 Å². The molecule has 6 nitrogen and oxygen atoms in total. The third-order valence-electron chi connectivity index (χ3n) is 8.08. The Hall–Kier alpha value is -3.68. The molecule has 0 aliphatic carbocycles. The van der Waals surface area contributed by atoms with E-state index in [4.69, 9.17) is 17.2 Å². The van der Waals surface area contributed by atoms with Crippen molar-refractivity contribution in [2.45, 2.75) is 78.2 Å². The number of benzene rings is 1. The molecule has 0 saturated carbocycles. The van der Waals surface area contributed by atoms with Gasteiger partial charge in [0.15, 0.2) is 0 Å². The van der Waals surface area contributed by atoms with Crippen LogP contribution in [0.1, 0.15) is 62.0 Å². The van der Waals surface area contributed by atoms with Gasteiger partial charge in [0.1, 0.15) is 0 Å². The summed E-state index contributed by atoms with van der Waals surface area (Å²) in [5, 5.41) is 3.00. The van der Waals surface area contributed by atoms with Crippen molar-refractivity contribution in [3.05, 3.63) is 76.3 Å². The SMILES string of the molecule is [B]=C1C=C(C(F)(F)F)C(CCN(C)C)=CN1C(CC(C)C)C(=O)NCc1cc(-c2c(C)cccc2C)cc(C#CC2CCCO2)n1. The van der Waals surface area contributed by atoms with E-state index in [1.165, 1.54) is 11.1 Å². The maximum atomic E-state index is 14.0. The van der Waals surface area contributed by atoms with Crippen LogP contribution in [0.3, 0.4) is 0 Å². The van der Waals surface area contributed by atoms with Gasteiger partial charge in [0, 0.05) is 6.61 Å². The number of aryl methyl sites for hydroxylation is 2. The zero-order valence-corrected chi connectivity index (χ0v) is 27.6. The number of nitrogens with one attached hydrogen (secondary N) is 1. The van der Waals surface area contributed by atoms with Crippen molar-refractivity contribution in [2.75, 3.05) is 27.2 Å². The maximum absolute atomic E-state index is 14.0. The standard InChI is InChI=1S/C36H43BF3N4O2/c1-23(2)17-32(44-22-26(14-15-43(5)6)31(20-33(44)37)36(38,39)40)35(45)41-21-29-19-27(34-24(3)9-7-10-25(34)4)18-28(42-29)12-13-30-11-8-16-46-30/h7,9-10,18-20,22-23,30,32H,8,11,14-17,21H2,1-6H3,(H,41,45). The number of carbonyl (C=O) groups is 1. The van der Waals surface area contributed by atoms with E-state index in [0.29, 0.717) is 31.0 Å². The molecule has 10 heteroatoms. The number of aromatic nitrogens is 1. The number of nitrogens with zero attached hydrogens (tertiary/aromatic N) is 3. The number of pyridine rings is 1. The average molecular weight is 632 g/mol. The van der Waals surface area contributed by atoms with E-state index in [2.05, 4.69) is 43.1 Å². The minimum absolute atomic E-state index is 0.0698. The monoisotopic (exact) mass is 631 g/mol. The van der Waals surface area contributed by atoms with E-state index in [1.807, 2.05) is 36.9 Å². The van der Waals surface area contributed by atoms with Gasteiger partial charge in [0.2, 0.25) is 0 Å². The van der Waals surface area contributed by atoms with Crippen molar-refractivity contribution in [3.8, 4) is 23.0 Å². The predicted octanol–water partition coefficient (Wildman–Crippen LogP) is 5.87. The number of rotatable bonds is 10. The molecule has 2 aromatic rings. The summed E-state index contributed by atoms with van der Waals surface area (Å²) in [4.78, 5) is 21.9. The van der Waals surface area contributed by atoms with Crippen LogP contribution in [0.4, 0.5) is 13.2 Å². The number of carbonyl (C=O) groups excluding carboxylic acids is 1. The van der Waals surface area contributed by atoms with Gasteiger partial charge >= 0.3 is 242 Å². The Bertz CT molecular complexity index is 1540. The Kier molecular flexibility index (Phi) is 11.7. The molecule has 1 amide bonds. The fourth-order valence-electron chi connectivity index (χ4n) is 5.80. The Morgan fingerprint density at radius 1 is 1.22 bits per heavy atom. The van der Waals surface area contributed by atoms with E-state index in [1.54, 1.807) is 14.1 Å². The first-order valence-corrected chi connectivity index (χ1v) is 15.8. The van der Waals surface area contributed by atoms with Crippen LogP contribution in [0.5, 0.6) is 0 Å². The van der Waals surface area contributed by atoms with Gasteiger partial charge in [-0.2, -0.15) is 0 Å². The van der Waals surface area contributed by atoms with Crippen LogP contribution in [-0.4, -0.2) is 79.3 Å². The Morgan fingerprint density at radius 2 is 1.93 bits per heavy atom. The molecular formula is C36H43BF3N4O2. The van der Waals surface area contributed by atoms with Crippen LogP contribution in [0.25, 0.3) is 11.1 Å². The number of hydrogen-bond donors (Lipinski definition) is 1. The average Bonchev–Trinajstić information content (AvgIpc) is 3.50. The summed E-state index contributed by atoms with van der Waals surface area (Å²) < 4.78 is 47.6. The van der Waals surface area contributed by atoms with Gasteiger partial charge in [-0.25, -0.2) is 0 Å². The third kappa shape index (κ3) is 9.20. The number of ether oxygens (including phenoxy) is 1. The van der Waals surface area contributed by atoms with Crippen molar-refractivity contribution in [1.82, 2.24) is 20.1 Å². The predicted molar refractivity (Wildman–Crippen MR) is 178 cm³/mol. The van der Waals surface area contributed by atoms with Crippen LogP contribution >= 0.6 is 0 Å². The van der Waals surface area contributed by atoms with Crippen LogP contribution in [0.15, 0.2) is 53.8 Å². The second-order valence-electron chi connectivity index (χ2n) is 12.7. The summed E-state index contributed by atoms with van der Waals surface area (Å²) in [6.45, 7) is 9.24. The summed E-state index contributed by atoms with van der Waals surface area (Å²) >= 11 is 0. The van der Waals surface area contributed by atoms with E-state index in [9.17, 15) is 18.0 Å².